The van der Waals surface area contributed by atoms with E-state index in [4.69, 9.17) is 0 Å². The quantitative estimate of drug-likeness (QED) is 0.489. The van der Waals surface area contributed by atoms with Gasteiger partial charge < -0.3 is 10.6 Å². The van der Waals surface area contributed by atoms with Gasteiger partial charge in [0.15, 0.2) is 5.96 Å². The zero-order chi connectivity index (χ0) is 11.4. The molecule has 1 aromatic rings. The van der Waals surface area contributed by atoms with E-state index in [2.05, 4.69) is 34.7 Å². The summed E-state index contributed by atoms with van der Waals surface area (Å²) in [6, 6.07) is 4.32. The van der Waals surface area contributed by atoms with Crippen LogP contribution in [0.2, 0.25) is 0 Å². The van der Waals surface area contributed by atoms with Crippen LogP contribution in [0.15, 0.2) is 17.1 Å². The second kappa shape index (κ2) is 7.20. The van der Waals surface area contributed by atoms with Crippen LogP contribution < -0.4 is 10.6 Å². The molecule has 2 N–H and O–H groups in total. The first-order valence-corrected chi connectivity index (χ1v) is 6.59. The number of guanidine groups is 1. The lowest BCUT2D eigenvalue weighted by Gasteiger charge is -2.10. The summed E-state index contributed by atoms with van der Waals surface area (Å²) in [6.07, 6.45) is 2.74. The van der Waals surface area contributed by atoms with Gasteiger partial charge in [-0.05, 0) is 37.8 Å². The number of rotatable bonds is 4. The molecule has 1 aliphatic carbocycles. The highest BCUT2D eigenvalue weighted by Gasteiger charge is 2.20. The van der Waals surface area contributed by atoms with Crippen molar-refractivity contribution in [1.82, 2.24) is 10.6 Å². The third-order valence-electron chi connectivity index (χ3n) is 2.70. The van der Waals surface area contributed by atoms with Crippen molar-refractivity contribution in [2.75, 3.05) is 13.6 Å². The number of nitrogens with zero attached hydrogens (tertiary/aromatic N) is 1. The maximum Gasteiger partial charge on any atom is 0.191 e. The molecule has 1 heterocycles. The molecule has 1 saturated carbocycles. The molecule has 0 aromatic carbocycles. The Hall–Kier alpha value is -0.300. The van der Waals surface area contributed by atoms with Gasteiger partial charge in [-0.25, -0.2) is 0 Å². The molecule has 17 heavy (non-hydrogen) atoms. The zero-order valence-corrected chi connectivity index (χ0v) is 13.5. The van der Waals surface area contributed by atoms with Crippen molar-refractivity contribution in [1.29, 1.82) is 0 Å². The van der Waals surface area contributed by atoms with E-state index in [0.717, 1.165) is 25.0 Å². The molecule has 5 heteroatoms. The minimum atomic E-state index is 0. The van der Waals surface area contributed by atoms with Crippen LogP contribution in [0.25, 0.3) is 0 Å². The Bertz CT molecular complexity index is 372. The van der Waals surface area contributed by atoms with E-state index in [9.17, 15) is 0 Å². The topological polar surface area (TPSA) is 36.4 Å². The predicted octanol–water partition coefficient (Wildman–Crippen LogP) is 2.75. The van der Waals surface area contributed by atoms with Gasteiger partial charge >= 0.3 is 0 Å². The van der Waals surface area contributed by atoms with Crippen LogP contribution in [0.3, 0.4) is 0 Å². The number of thiophene rings is 1. The number of aryl methyl sites for hydroxylation is 1. The minimum absolute atomic E-state index is 0. The van der Waals surface area contributed by atoms with Crippen LogP contribution >= 0.6 is 35.3 Å². The average Bonchev–Trinajstić information content (AvgIpc) is 3.02. The summed E-state index contributed by atoms with van der Waals surface area (Å²) >= 11 is 1.83. The lowest BCUT2D eigenvalue weighted by Crippen LogP contribution is -2.37. The van der Waals surface area contributed by atoms with Crippen molar-refractivity contribution in [2.45, 2.75) is 26.3 Å². The fraction of sp³-hybridized carbons (Fsp3) is 0.583. The van der Waals surface area contributed by atoms with Gasteiger partial charge in [0.1, 0.15) is 0 Å². The van der Waals surface area contributed by atoms with Crippen molar-refractivity contribution in [3.05, 3.63) is 21.9 Å². The zero-order valence-electron chi connectivity index (χ0n) is 10.3. The molecular weight excluding hydrogens is 345 g/mol. The van der Waals surface area contributed by atoms with Crippen LogP contribution in [0.5, 0.6) is 0 Å². The lowest BCUT2D eigenvalue weighted by atomic mass is 10.4. The summed E-state index contributed by atoms with van der Waals surface area (Å²) in [5.41, 5.74) is 0. The molecule has 0 aliphatic heterocycles. The van der Waals surface area contributed by atoms with Crippen LogP contribution in [0, 0.1) is 12.8 Å². The normalized spacial score (nSPS) is 15.3. The van der Waals surface area contributed by atoms with Crippen LogP contribution in [-0.4, -0.2) is 19.6 Å². The number of hydrogen-bond donors (Lipinski definition) is 2. The maximum atomic E-state index is 4.21. The highest BCUT2D eigenvalue weighted by atomic mass is 127. The van der Waals surface area contributed by atoms with Gasteiger partial charge in [0.2, 0.25) is 0 Å². The van der Waals surface area contributed by atoms with Crippen LogP contribution in [0.4, 0.5) is 0 Å². The molecule has 2 rings (SSSR count). The number of aliphatic imine (C=N–C) groups is 1. The molecule has 1 aromatic heterocycles. The Morgan fingerprint density at radius 2 is 2.18 bits per heavy atom. The van der Waals surface area contributed by atoms with Gasteiger partial charge in [0.05, 0.1) is 6.54 Å². The molecule has 0 saturated heterocycles. The third kappa shape index (κ3) is 5.25. The van der Waals surface area contributed by atoms with Crippen molar-refractivity contribution in [3.8, 4) is 0 Å². The highest BCUT2D eigenvalue weighted by Crippen LogP contribution is 2.27. The van der Waals surface area contributed by atoms with E-state index in [1.807, 2.05) is 18.4 Å². The Morgan fingerprint density at radius 3 is 2.71 bits per heavy atom. The van der Waals surface area contributed by atoms with Gasteiger partial charge in [0.25, 0.3) is 0 Å². The summed E-state index contributed by atoms with van der Waals surface area (Å²) in [7, 11) is 1.82. The fourth-order valence-electron chi connectivity index (χ4n) is 1.53. The van der Waals surface area contributed by atoms with E-state index >= 15 is 0 Å². The number of hydrogen-bond acceptors (Lipinski definition) is 2. The second-order valence-corrected chi connectivity index (χ2v) is 5.63. The minimum Gasteiger partial charge on any atom is -0.356 e. The van der Waals surface area contributed by atoms with Gasteiger partial charge in [-0.3, -0.25) is 4.99 Å². The smallest absolute Gasteiger partial charge is 0.191 e. The van der Waals surface area contributed by atoms with Gasteiger partial charge in [-0.2, -0.15) is 0 Å². The number of nitrogens with one attached hydrogen (secondary N) is 2. The molecule has 0 bridgehead atoms. The van der Waals surface area contributed by atoms with E-state index in [1.165, 1.54) is 22.6 Å². The van der Waals surface area contributed by atoms with Crippen molar-refractivity contribution in [2.24, 2.45) is 10.9 Å². The first kappa shape index (κ1) is 14.8. The van der Waals surface area contributed by atoms with Crippen LogP contribution in [0.1, 0.15) is 22.6 Å². The Morgan fingerprint density at radius 1 is 1.41 bits per heavy atom. The first-order chi connectivity index (χ1) is 7.78. The Kier molecular flexibility index (Phi) is 6.26. The second-order valence-electron chi connectivity index (χ2n) is 4.26. The molecule has 96 valence electrons. The molecule has 0 radical (unpaired) electrons. The lowest BCUT2D eigenvalue weighted by molar-refractivity contribution is 0.739. The third-order valence-corrected chi connectivity index (χ3v) is 3.71. The van der Waals surface area contributed by atoms with Crippen molar-refractivity contribution < 1.29 is 0 Å². The van der Waals surface area contributed by atoms with Crippen LogP contribution in [-0.2, 0) is 6.54 Å². The van der Waals surface area contributed by atoms with Gasteiger partial charge in [0, 0.05) is 23.3 Å². The summed E-state index contributed by atoms with van der Waals surface area (Å²) in [6.45, 7) is 4.06. The first-order valence-electron chi connectivity index (χ1n) is 5.78. The van der Waals surface area contributed by atoms with E-state index in [1.54, 1.807) is 0 Å². The standard InChI is InChI=1S/C12H19N3S.HI/c1-9-3-6-11(16-9)8-15-12(13-2)14-7-10-4-5-10;/h3,6,10H,4-5,7-8H2,1-2H3,(H2,13,14,15);1H. The summed E-state index contributed by atoms with van der Waals surface area (Å²) in [4.78, 5) is 6.92. The highest BCUT2D eigenvalue weighted by molar-refractivity contribution is 14.0. The average molecular weight is 365 g/mol. The van der Waals surface area contributed by atoms with E-state index < -0.39 is 0 Å². The Labute approximate surface area is 124 Å². The summed E-state index contributed by atoms with van der Waals surface area (Å²) in [5.74, 6) is 1.79. The summed E-state index contributed by atoms with van der Waals surface area (Å²) < 4.78 is 0. The molecule has 0 unspecified atom stereocenters. The van der Waals surface area contributed by atoms with Gasteiger partial charge in [-0.1, -0.05) is 0 Å². The molecule has 1 fully saturated rings. The Balaban J connectivity index is 0.00000144. The van der Waals surface area contributed by atoms with Crippen molar-refractivity contribution in [3.63, 3.8) is 0 Å². The van der Waals surface area contributed by atoms with Crippen molar-refractivity contribution >= 4 is 41.3 Å². The molecule has 0 spiro atoms. The molecular formula is C12H20IN3S. The number of halogens is 1. The SMILES string of the molecule is CN=C(NCc1ccc(C)s1)NCC1CC1.I. The van der Waals surface area contributed by atoms with E-state index in [-0.39, 0.29) is 24.0 Å². The monoisotopic (exact) mass is 365 g/mol. The fourth-order valence-corrected chi connectivity index (χ4v) is 2.36. The molecule has 0 atom stereocenters. The largest absolute Gasteiger partial charge is 0.356 e. The maximum absolute atomic E-state index is 4.21. The molecule has 3 nitrogen and oxygen atoms in total. The molecule has 0 amide bonds. The van der Waals surface area contributed by atoms with E-state index in [0.29, 0.717) is 0 Å². The summed E-state index contributed by atoms with van der Waals surface area (Å²) in [5, 5.41) is 6.68. The van der Waals surface area contributed by atoms with Gasteiger partial charge in [-0.15, -0.1) is 35.3 Å². The predicted molar refractivity (Wildman–Crippen MR) is 85.4 cm³/mol. The molecule has 1 aliphatic rings.